The van der Waals surface area contributed by atoms with E-state index in [0.717, 1.165) is 25.9 Å². The first kappa shape index (κ1) is 15.0. The molecule has 0 bridgehead atoms. The number of hydrogen-bond donors (Lipinski definition) is 1. The molecule has 0 spiro atoms. The predicted molar refractivity (Wildman–Crippen MR) is 56.1 cm³/mol. The van der Waals surface area contributed by atoms with Gasteiger partial charge in [0.2, 0.25) is 0 Å². The van der Waals surface area contributed by atoms with Crippen molar-refractivity contribution in [3.8, 4) is 0 Å². The van der Waals surface area contributed by atoms with Crippen LogP contribution in [-0.2, 0) is 0 Å². The van der Waals surface area contributed by atoms with Crippen molar-refractivity contribution in [3.63, 3.8) is 0 Å². The topological polar surface area (TPSA) is 29.3 Å². The summed E-state index contributed by atoms with van der Waals surface area (Å²) in [6.45, 7) is 2.22. The van der Waals surface area contributed by atoms with Crippen molar-refractivity contribution in [2.75, 3.05) is 26.2 Å². The van der Waals surface area contributed by atoms with Crippen LogP contribution in [0.1, 0.15) is 19.3 Å². The normalized spacial score (nSPS) is 23.6. The lowest BCUT2D eigenvalue weighted by molar-refractivity contribution is -0.138. The summed E-state index contributed by atoms with van der Waals surface area (Å²) in [4.78, 5) is 1.87. The van der Waals surface area contributed by atoms with Gasteiger partial charge in [-0.15, -0.1) is 12.4 Å². The van der Waals surface area contributed by atoms with Crippen molar-refractivity contribution in [2.45, 2.75) is 25.4 Å². The molecule has 1 fully saturated rings. The maximum absolute atomic E-state index is 11.9. The van der Waals surface area contributed by atoms with Gasteiger partial charge in [-0.3, -0.25) is 0 Å². The third kappa shape index (κ3) is 6.22. The fraction of sp³-hybridized carbons (Fsp3) is 1.00. The number of nitrogens with zero attached hydrogens (tertiary/aromatic N) is 1. The van der Waals surface area contributed by atoms with Gasteiger partial charge < -0.3 is 10.6 Å². The van der Waals surface area contributed by atoms with Gasteiger partial charge in [-0.05, 0) is 31.8 Å². The molecule has 0 aromatic carbocycles. The molecule has 1 unspecified atom stereocenters. The Balaban J connectivity index is 0.00000196. The predicted octanol–water partition coefficient (Wildman–Crippen LogP) is 2.03. The van der Waals surface area contributed by atoms with E-state index >= 15 is 0 Å². The summed E-state index contributed by atoms with van der Waals surface area (Å²) in [5.74, 6) is 0.386. The number of halogens is 4. The monoisotopic (exact) mass is 246 g/mol. The Labute approximate surface area is 94.4 Å². The van der Waals surface area contributed by atoms with Crippen molar-refractivity contribution in [3.05, 3.63) is 0 Å². The Hall–Kier alpha value is -0.0000000000000000555. The molecule has 1 aliphatic rings. The Morgan fingerprint density at radius 1 is 1.33 bits per heavy atom. The van der Waals surface area contributed by atoms with E-state index < -0.39 is 12.6 Å². The van der Waals surface area contributed by atoms with Crippen LogP contribution < -0.4 is 5.73 Å². The summed E-state index contributed by atoms with van der Waals surface area (Å²) < 4.78 is 35.8. The first-order valence-corrected chi connectivity index (χ1v) is 5.00. The summed E-state index contributed by atoms with van der Waals surface area (Å²) in [6, 6.07) is 0. The van der Waals surface area contributed by atoms with Gasteiger partial charge in [0.15, 0.2) is 0 Å². The molecule has 1 atom stereocenters. The Kier molecular flexibility index (Phi) is 6.55. The van der Waals surface area contributed by atoms with Crippen LogP contribution >= 0.6 is 12.4 Å². The van der Waals surface area contributed by atoms with E-state index in [-0.39, 0.29) is 19.0 Å². The van der Waals surface area contributed by atoms with Gasteiger partial charge in [0.05, 0.1) is 6.42 Å². The molecule has 0 aromatic rings. The highest BCUT2D eigenvalue weighted by Crippen LogP contribution is 2.22. The van der Waals surface area contributed by atoms with E-state index in [2.05, 4.69) is 0 Å². The van der Waals surface area contributed by atoms with E-state index in [4.69, 9.17) is 5.73 Å². The number of rotatable bonds is 3. The van der Waals surface area contributed by atoms with Crippen molar-refractivity contribution in [1.29, 1.82) is 0 Å². The number of alkyl halides is 3. The molecule has 92 valence electrons. The first-order chi connectivity index (χ1) is 6.51. The van der Waals surface area contributed by atoms with E-state index in [0.29, 0.717) is 12.5 Å². The average molecular weight is 247 g/mol. The van der Waals surface area contributed by atoms with Gasteiger partial charge in [-0.1, -0.05) is 0 Å². The van der Waals surface area contributed by atoms with Gasteiger partial charge in [0.1, 0.15) is 0 Å². The standard InChI is InChI=1S/C9H17F3N2.ClH/c10-9(11,12)3-5-14-4-1-2-8(6-13)7-14;/h8H,1-7,13H2;1H. The Bertz CT molecular complexity index is 175. The average Bonchev–Trinajstić information content (AvgIpc) is 2.14. The van der Waals surface area contributed by atoms with Crippen molar-refractivity contribution in [1.82, 2.24) is 4.90 Å². The summed E-state index contributed by atoms with van der Waals surface area (Å²) >= 11 is 0. The summed E-state index contributed by atoms with van der Waals surface area (Å²) in [5, 5.41) is 0. The minimum atomic E-state index is -4.03. The molecule has 0 aliphatic carbocycles. The molecule has 15 heavy (non-hydrogen) atoms. The lowest BCUT2D eigenvalue weighted by Crippen LogP contribution is -2.39. The van der Waals surface area contributed by atoms with Crippen LogP contribution in [0.4, 0.5) is 13.2 Å². The number of hydrogen-bond acceptors (Lipinski definition) is 2. The largest absolute Gasteiger partial charge is 0.390 e. The molecule has 0 aromatic heterocycles. The van der Waals surface area contributed by atoms with Crippen LogP contribution in [0.15, 0.2) is 0 Å². The molecule has 0 amide bonds. The number of likely N-dealkylation sites (tertiary alicyclic amines) is 1. The molecule has 0 saturated carbocycles. The fourth-order valence-electron chi connectivity index (χ4n) is 1.83. The molecule has 2 N–H and O–H groups in total. The molecule has 1 aliphatic heterocycles. The zero-order valence-corrected chi connectivity index (χ0v) is 9.41. The molecule has 0 radical (unpaired) electrons. The highest BCUT2D eigenvalue weighted by molar-refractivity contribution is 5.85. The fourth-order valence-corrected chi connectivity index (χ4v) is 1.83. The lowest BCUT2D eigenvalue weighted by atomic mass is 9.98. The van der Waals surface area contributed by atoms with Gasteiger partial charge in [-0.2, -0.15) is 13.2 Å². The maximum Gasteiger partial charge on any atom is 0.390 e. The zero-order valence-electron chi connectivity index (χ0n) is 8.59. The summed E-state index contributed by atoms with van der Waals surface area (Å²) in [7, 11) is 0. The van der Waals surface area contributed by atoms with E-state index in [1.54, 1.807) is 0 Å². The van der Waals surface area contributed by atoms with Crippen molar-refractivity contribution in [2.24, 2.45) is 11.7 Å². The van der Waals surface area contributed by atoms with Crippen molar-refractivity contribution < 1.29 is 13.2 Å². The molecule has 1 saturated heterocycles. The second-order valence-electron chi connectivity index (χ2n) is 3.91. The molecule has 2 nitrogen and oxygen atoms in total. The summed E-state index contributed by atoms with van der Waals surface area (Å²) in [6.07, 6.45) is -2.71. The van der Waals surface area contributed by atoms with Crippen LogP contribution in [0, 0.1) is 5.92 Å². The van der Waals surface area contributed by atoms with Gasteiger partial charge >= 0.3 is 6.18 Å². The van der Waals surface area contributed by atoms with Crippen LogP contribution in [0.25, 0.3) is 0 Å². The number of piperidine rings is 1. The van der Waals surface area contributed by atoms with Crippen LogP contribution in [0.2, 0.25) is 0 Å². The minimum Gasteiger partial charge on any atom is -0.330 e. The van der Waals surface area contributed by atoms with E-state index in [1.807, 2.05) is 4.90 Å². The minimum absolute atomic E-state index is 0. The highest BCUT2D eigenvalue weighted by atomic mass is 35.5. The third-order valence-corrected chi connectivity index (χ3v) is 2.65. The molecular weight excluding hydrogens is 229 g/mol. The second-order valence-corrected chi connectivity index (χ2v) is 3.91. The summed E-state index contributed by atoms with van der Waals surface area (Å²) in [5.41, 5.74) is 5.50. The second kappa shape index (κ2) is 6.55. The van der Waals surface area contributed by atoms with E-state index in [1.165, 1.54) is 0 Å². The number of nitrogens with two attached hydrogens (primary N) is 1. The molecule has 1 heterocycles. The third-order valence-electron chi connectivity index (χ3n) is 2.65. The van der Waals surface area contributed by atoms with E-state index in [9.17, 15) is 13.2 Å². The Morgan fingerprint density at radius 3 is 2.53 bits per heavy atom. The van der Waals surface area contributed by atoms with Gasteiger partial charge in [-0.25, -0.2) is 0 Å². The maximum atomic E-state index is 11.9. The van der Waals surface area contributed by atoms with Gasteiger partial charge in [0.25, 0.3) is 0 Å². The smallest absolute Gasteiger partial charge is 0.330 e. The SMILES string of the molecule is Cl.NCC1CCCN(CCC(F)(F)F)C1. The van der Waals surface area contributed by atoms with Crippen LogP contribution in [0.3, 0.4) is 0 Å². The molecule has 6 heteroatoms. The van der Waals surface area contributed by atoms with Gasteiger partial charge in [0, 0.05) is 13.1 Å². The quantitative estimate of drug-likeness (QED) is 0.826. The highest BCUT2D eigenvalue weighted by Gasteiger charge is 2.29. The first-order valence-electron chi connectivity index (χ1n) is 5.00. The molecular formula is C9H18ClF3N2. The van der Waals surface area contributed by atoms with Crippen LogP contribution in [0.5, 0.6) is 0 Å². The van der Waals surface area contributed by atoms with Crippen molar-refractivity contribution >= 4 is 12.4 Å². The molecule has 1 rings (SSSR count). The Morgan fingerprint density at radius 2 is 2.00 bits per heavy atom. The zero-order chi connectivity index (χ0) is 10.6. The lowest BCUT2D eigenvalue weighted by Gasteiger charge is -2.32. The van der Waals surface area contributed by atoms with Crippen LogP contribution in [-0.4, -0.2) is 37.3 Å².